The molecule has 0 bridgehead atoms. The minimum Gasteiger partial charge on any atom is -0.381 e. The molecule has 40 heavy (non-hydrogen) atoms. The van der Waals surface area contributed by atoms with Crippen LogP contribution in [0.2, 0.25) is 0 Å². The molecule has 6 rings (SSSR count). The highest BCUT2D eigenvalue weighted by molar-refractivity contribution is 7.12. The molecule has 0 aliphatic carbocycles. The number of fused-ring (bicyclic) bond motifs is 2. The molecule has 0 spiro atoms. The molecule has 4 heterocycles. The molecule has 11 heteroatoms. The third-order valence-corrected chi connectivity index (χ3v) is 7.09. The predicted molar refractivity (Wildman–Crippen MR) is 153 cm³/mol. The van der Waals surface area contributed by atoms with Crippen LogP contribution in [0.4, 0.5) is 5.82 Å². The lowest BCUT2D eigenvalue weighted by Gasteiger charge is -2.20. The van der Waals surface area contributed by atoms with E-state index in [0.717, 1.165) is 9.88 Å². The van der Waals surface area contributed by atoms with Crippen molar-refractivity contribution in [1.29, 1.82) is 0 Å². The number of carbonyl (C=O) groups excluding carboxylic acids is 1. The fourth-order valence-electron chi connectivity index (χ4n) is 4.47. The van der Waals surface area contributed by atoms with Crippen molar-refractivity contribution in [3.05, 3.63) is 110 Å². The van der Waals surface area contributed by atoms with Gasteiger partial charge < -0.3 is 11.1 Å². The van der Waals surface area contributed by atoms with Gasteiger partial charge in [-0.3, -0.25) is 14.2 Å². The number of para-hydroxylation sites is 1. The maximum atomic E-state index is 14.1. The number of benzene rings is 2. The van der Waals surface area contributed by atoms with Gasteiger partial charge in [-0.15, -0.1) is 16.4 Å². The second-order valence-electron chi connectivity index (χ2n) is 8.98. The SMILES string of the molecule is Cc1ncc(C#Cc2cccc3nc([C@@H](C)NC(=O)c4c(N)nn5cccnc45)n(-c4ccccc4)c(=O)c23)s1. The van der Waals surface area contributed by atoms with Crippen LogP contribution in [0.1, 0.15) is 44.6 Å². The molecule has 10 nitrogen and oxygen atoms in total. The Bertz CT molecular complexity index is 2030. The first-order valence-corrected chi connectivity index (χ1v) is 13.2. The van der Waals surface area contributed by atoms with Gasteiger partial charge in [-0.2, -0.15) is 0 Å². The monoisotopic (exact) mass is 546 g/mol. The first kappa shape index (κ1) is 25.0. The number of nitrogens with one attached hydrogen (secondary N) is 1. The zero-order valence-electron chi connectivity index (χ0n) is 21.5. The number of aromatic nitrogens is 6. The maximum absolute atomic E-state index is 14.1. The summed E-state index contributed by atoms with van der Waals surface area (Å²) in [6.45, 7) is 3.67. The average Bonchev–Trinajstić information content (AvgIpc) is 3.53. The second-order valence-corrected chi connectivity index (χ2v) is 10.2. The minimum atomic E-state index is -0.683. The van der Waals surface area contributed by atoms with E-state index < -0.39 is 11.9 Å². The number of nitrogens with zero attached hydrogens (tertiary/aromatic N) is 6. The van der Waals surface area contributed by atoms with Crippen molar-refractivity contribution in [2.75, 3.05) is 5.73 Å². The van der Waals surface area contributed by atoms with E-state index >= 15 is 0 Å². The quantitative estimate of drug-likeness (QED) is 0.322. The van der Waals surface area contributed by atoms with Crippen LogP contribution in [0.25, 0.3) is 22.2 Å². The van der Waals surface area contributed by atoms with E-state index in [1.54, 1.807) is 43.7 Å². The zero-order chi connectivity index (χ0) is 27.8. The van der Waals surface area contributed by atoms with Gasteiger partial charge in [-0.05, 0) is 50.1 Å². The Kier molecular flexibility index (Phi) is 6.30. The molecular formula is C29H22N8O2S. The number of amides is 1. The summed E-state index contributed by atoms with van der Waals surface area (Å²) >= 11 is 1.49. The van der Waals surface area contributed by atoms with Gasteiger partial charge in [-0.1, -0.05) is 30.2 Å². The third kappa shape index (κ3) is 4.46. The van der Waals surface area contributed by atoms with Gasteiger partial charge in [0.25, 0.3) is 11.5 Å². The van der Waals surface area contributed by atoms with Crippen LogP contribution in [0.3, 0.4) is 0 Å². The van der Waals surface area contributed by atoms with Crippen molar-refractivity contribution in [1.82, 2.24) is 34.4 Å². The van der Waals surface area contributed by atoms with Gasteiger partial charge in [-0.25, -0.2) is 19.5 Å². The summed E-state index contributed by atoms with van der Waals surface area (Å²) in [5.41, 5.74) is 7.87. The molecule has 0 aliphatic heterocycles. The number of carbonyl (C=O) groups is 1. The van der Waals surface area contributed by atoms with Gasteiger partial charge in [0.2, 0.25) is 0 Å². The first-order valence-electron chi connectivity index (χ1n) is 12.4. The fraction of sp³-hybridized carbons (Fsp3) is 0.103. The van der Waals surface area contributed by atoms with E-state index in [4.69, 9.17) is 10.7 Å². The molecule has 0 unspecified atom stereocenters. The summed E-state index contributed by atoms with van der Waals surface area (Å²) < 4.78 is 2.95. The Balaban J connectivity index is 1.48. The number of thiazole rings is 1. The molecule has 0 fully saturated rings. The number of aryl methyl sites for hydroxylation is 1. The van der Waals surface area contributed by atoms with Crippen LogP contribution in [0.15, 0.2) is 78.0 Å². The summed E-state index contributed by atoms with van der Waals surface area (Å²) in [5.74, 6) is 6.15. The number of nitrogen functional groups attached to an aromatic ring is 1. The van der Waals surface area contributed by atoms with Gasteiger partial charge >= 0.3 is 0 Å². The molecule has 2 aromatic carbocycles. The lowest BCUT2D eigenvalue weighted by atomic mass is 10.1. The molecule has 3 N–H and O–H groups in total. The summed E-state index contributed by atoms with van der Waals surface area (Å²) in [4.78, 5) is 41.6. The van der Waals surface area contributed by atoms with Crippen LogP contribution in [0.5, 0.6) is 0 Å². The number of rotatable bonds is 4. The van der Waals surface area contributed by atoms with Gasteiger partial charge in [0, 0.05) is 18.0 Å². The van der Waals surface area contributed by atoms with E-state index in [9.17, 15) is 9.59 Å². The van der Waals surface area contributed by atoms with Crippen LogP contribution in [-0.2, 0) is 0 Å². The maximum Gasteiger partial charge on any atom is 0.267 e. The molecule has 4 aromatic heterocycles. The van der Waals surface area contributed by atoms with Crippen molar-refractivity contribution in [2.24, 2.45) is 0 Å². The third-order valence-electron chi connectivity index (χ3n) is 6.26. The molecule has 1 amide bonds. The topological polar surface area (TPSA) is 133 Å². The Hall–Kier alpha value is -5.34. The largest absolute Gasteiger partial charge is 0.381 e. The van der Waals surface area contributed by atoms with Crippen LogP contribution >= 0.6 is 11.3 Å². The van der Waals surface area contributed by atoms with E-state index in [1.807, 2.05) is 43.3 Å². The van der Waals surface area contributed by atoms with Crippen LogP contribution < -0.4 is 16.6 Å². The van der Waals surface area contributed by atoms with Crippen molar-refractivity contribution in [2.45, 2.75) is 19.9 Å². The highest BCUT2D eigenvalue weighted by Crippen LogP contribution is 2.22. The van der Waals surface area contributed by atoms with Gasteiger partial charge in [0.15, 0.2) is 11.5 Å². The Morgan fingerprint density at radius 2 is 1.90 bits per heavy atom. The molecule has 0 aliphatic rings. The Labute approximate surface area is 232 Å². The molecule has 1 atom stereocenters. The van der Waals surface area contributed by atoms with Crippen molar-refractivity contribution < 1.29 is 4.79 Å². The van der Waals surface area contributed by atoms with E-state index in [-0.39, 0.29) is 16.9 Å². The zero-order valence-corrected chi connectivity index (χ0v) is 22.3. The average molecular weight is 547 g/mol. The molecule has 0 radical (unpaired) electrons. The molecule has 6 aromatic rings. The molecule has 196 valence electrons. The summed E-state index contributed by atoms with van der Waals surface area (Å²) in [5, 5.41) is 8.40. The lowest BCUT2D eigenvalue weighted by molar-refractivity contribution is 0.0940. The van der Waals surface area contributed by atoms with E-state index in [0.29, 0.717) is 33.6 Å². The summed E-state index contributed by atoms with van der Waals surface area (Å²) in [6.07, 6.45) is 4.94. The number of hydrogen-bond donors (Lipinski definition) is 2. The first-order chi connectivity index (χ1) is 19.4. The highest BCUT2D eigenvalue weighted by Gasteiger charge is 2.24. The fourth-order valence-corrected chi connectivity index (χ4v) is 5.10. The van der Waals surface area contributed by atoms with Crippen molar-refractivity contribution >= 4 is 39.6 Å². The van der Waals surface area contributed by atoms with Crippen LogP contribution in [-0.4, -0.2) is 35.0 Å². The Morgan fingerprint density at radius 3 is 2.67 bits per heavy atom. The minimum absolute atomic E-state index is 0.0506. The molecular weight excluding hydrogens is 524 g/mol. The summed E-state index contributed by atoms with van der Waals surface area (Å²) in [6, 6.07) is 15.5. The highest BCUT2D eigenvalue weighted by atomic mass is 32.1. The second kappa shape index (κ2) is 10.1. The smallest absolute Gasteiger partial charge is 0.267 e. The molecule has 0 saturated carbocycles. The number of hydrogen-bond acceptors (Lipinski definition) is 8. The Morgan fingerprint density at radius 1 is 1.07 bits per heavy atom. The van der Waals surface area contributed by atoms with E-state index in [2.05, 4.69) is 32.2 Å². The van der Waals surface area contributed by atoms with E-state index in [1.165, 1.54) is 20.4 Å². The van der Waals surface area contributed by atoms with Gasteiger partial charge in [0.1, 0.15) is 11.4 Å². The number of anilines is 1. The predicted octanol–water partition coefficient (Wildman–Crippen LogP) is 3.67. The summed E-state index contributed by atoms with van der Waals surface area (Å²) in [7, 11) is 0. The van der Waals surface area contributed by atoms with Crippen LogP contribution in [0, 0.1) is 18.8 Å². The standard InChI is InChI=1S/C29H22N8O2S/c1-17(33-28(38)24-25(30)35-36-15-7-14-31-27(24)36)26-34-22-11-6-8-19(12-13-21-16-32-18(2)40-21)23(22)29(39)37(26)20-9-4-3-5-10-20/h3-11,14-17H,1-2H3,(H2,30,35)(H,33,38)/t17-/m1/s1. The van der Waals surface area contributed by atoms with Crippen molar-refractivity contribution in [3.63, 3.8) is 0 Å². The normalized spacial score (nSPS) is 11.8. The van der Waals surface area contributed by atoms with Crippen molar-refractivity contribution in [3.8, 4) is 17.5 Å². The number of nitrogens with two attached hydrogens (primary N) is 1. The molecule has 0 saturated heterocycles. The lowest BCUT2D eigenvalue weighted by Crippen LogP contribution is -2.33. The van der Waals surface area contributed by atoms with Gasteiger partial charge in [0.05, 0.1) is 38.7 Å².